The van der Waals surface area contributed by atoms with Gasteiger partial charge in [-0.2, -0.15) is 0 Å². The van der Waals surface area contributed by atoms with E-state index in [1.165, 1.54) is 5.56 Å². The Morgan fingerprint density at radius 2 is 1.70 bits per heavy atom. The molecule has 1 aliphatic rings. The Labute approximate surface area is 147 Å². The zero-order chi connectivity index (χ0) is 16.9. The normalized spacial score (nSPS) is 19.1. The summed E-state index contributed by atoms with van der Waals surface area (Å²) in [4.78, 5) is 0.493. The van der Waals surface area contributed by atoms with E-state index < -0.39 is 9.84 Å². The lowest BCUT2D eigenvalue weighted by atomic mass is 9.88. The van der Waals surface area contributed by atoms with Crippen LogP contribution in [0.1, 0.15) is 53.5 Å². The maximum Gasteiger partial charge on any atom is 0.180 e. The van der Waals surface area contributed by atoms with Crippen LogP contribution >= 0.6 is 15.9 Å². The fourth-order valence-corrected chi connectivity index (χ4v) is 6.55. The molecule has 2 nitrogen and oxygen atoms in total. The smallest absolute Gasteiger partial charge is 0.180 e. The zero-order valence-corrected chi connectivity index (χ0v) is 16.3. The Morgan fingerprint density at radius 1 is 1.09 bits per heavy atom. The fraction of sp³-hybridized carbons (Fsp3) is 0.368. The van der Waals surface area contributed by atoms with Crippen LogP contribution in [0.5, 0.6) is 0 Å². The molecule has 1 heterocycles. The minimum Gasteiger partial charge on any atom is -0.224 e. The summed E-state index contributed by atoms with van der Waals surface area (Å²) in [6, 6.07) is 10.5. The Bertz CT molecular complexity index is 865. The van der Waals surface area contributed by atoms with Gasteiger partial charge in [0.2, 0.25) is 0 Å². The van der Waals surface area contributed by atoms with Crippen molar-refractivity contribution in [2.75, 3.05) is 5.75 Å². The molecule has 0 amide bonds. The second-order valence-corrected chi connectivity index (χ2v) is 9.49. The van der Waals surface area contributed by atoms with E-state index in [-0.39, 0.29) is 11.7 Å². The molecule has 23 heavy (non-hydrogen) atoms. The van der Waals surface area contributed by atoms with Gasteiger partial charge in [0.15, 0.2) is 9.84 Å². The highest BCUT2D eigenvalue weighted by molar-refractivity contribution is 9.10. The van der Waals surface area contributed by atoms with Crippen LogP contribution in [0.2, 0.25) is 0 Å². The van der Waals surface area contributed by atoms with E-state index in [0.717, 1.165) is 26.7 Å². The first-order valence-corrected chi connectivity index (χ1v) is 10.3. The number of aryl methyl sites for hydroxylation is 2. The van der Waals surface area contributed by atoms with Gasteiger partial charge in [-0.05, 0) is 63.5 Å². The minimum atomic E-state index is -3.25. The van der Waals surface area contributed by atoms with Crippen molar-refractivity contribution in [3.05, 3.63) is 62.6 Å². The molecule has 0 fully saturated rings. The van der Waals surface area contributed by atoms with E-state index in [9.17, 15) is 8.42 Å². The van der Waals surface area contributed by atoms with Gasteiger partial charge in [0, 0.05) is 10.4 Å². The van der Waals surface area contributed by atoms with Gasteiger partial charge in [-0.3, -0.25) is 0 Å². The van der Waals surface area contributed by atoms with Crippen LogP contribution in [0, 0.1) is 13.8 Å². The average molecular weight is 393 g/mol. The highest BCUT2D eigenvalue weighted by atomic mass is 79.9. The summed E-state index contributed by atoms with van der Waals surface area (Å²) in [7, 11) is -3.25. The maximum atomic E-state index is 12.7. The second-order valence-electron chi connectivity index (χ2n) is 6.72. The van der Waals surface area contributed by atoms with Crippen molar-refractivity contribution in [3.63, 3.8) is 0 Å². The molecule has 0 radical (unpaired) electrons. The lowest BCUT2D eigenvalue weighted by molar-refractivity contribution is 0.598. The molecule has 4 heteroatoms. The maximum absolute atomic E-state index is 12.7. The van der Waals surface area contributed by atoms with Crippen molar-refractivity contribution >= 4 is 25.8 Å². The summed E-state index contributed by atoms with van der Waals surface area (Å²) in [5, 5.41) is 0. The van der Waals surface area contributed by atoms with Gasteiger partial charge < -0.3 is 0 Å². The van der Waals surface area contributed by atoms with E-state index in [0.29, 0.717) is 10.8 Å². The van der Waals surface area contributed by atoms with Crippen LogP contribution in [0.25, 0.3) is 0 Å². The van der Waals surface area contributed by atoms with Crippen molar-refractivity contribution in [1.82, 2.24) is 0 Å². The topological polar surface area (TPSA) is 34.1 Å². The summed E-state index contributed by atoms with van der Waals surface area (Å²) in [5.41, 5.74) is 5.34. The molecule has 1 atom stereocenters. The molecule has 0 N–H and O–H groups in total. The van der Waals surface area contributed by atoms with E-state index in [1.54, 1.807) is 0 Å². The first-order valence-electron chi connectivity index (χ1n) is 7.84. The van der Waals surface area contributed by atoms with E-state index in [4.69, 9.17) is 0 Å². The molecule has 122 valence electrons. The lowest BCUT2D eigenvalue weighted by Crippen LogP contribution is -2.05. The third kappa shape index (κ3) is 2.76. The van der Waals surface area contributed by atoms with Gasteiger partial charge in [0.25, 0.3) is 0 Å². The Balaban J connectivity index is 2.17. The van der Waals surface area contributed by atoms with Gasteiger partial charge in [-0.25, -0.2) is 8.42 Å². The van der Waals surface area contributed by atoms with Gasteiger partial charge in [0.05, 0.1) is 10.6 Å². The molecule has 0 aromatic heterocycles. The van der Waals surface area contributed by atoms with Crippen molar-refractivity contribution in [2.45, 2.75) is 44.4 Å². The number of rotatable bonds is 2. The minimum absolute atomic E-state index is 0.0758. The van der Waals surface area contributed by atoms with Crippen molar-refractivity contribution < 1.29 is 8.42 Å². The van der Waals surface area contributed by atoms with E-state index >= 15 is 0 Å². The zero-order valence-electron chi connectivity index (χ0n) is 13.9. The van der Waals surface area contributed by atoms with Gasteiger partial charge in [-0.15, -0.1) is 0 Å². The SMILES string of the molecule is Cc1cc(C)c2c(c1Br)S(=O)(=O)CC2c1ccc(C(C)C)cc1. The standard InChI is InChI=1S/C19H21BrO2S/c1-11(2)14-5-7-15(8-6-14)16-10-23(21,22)19-17(16)12(3)9-13(4)18(19)20/h5-9,11,16H,10H2,1-4H3. The first kappa shape index (κ1) is 16.7. The van der Waals surface area contributed by atoms with Crippen LogP contribution in [0.4, 0.5) is 0 Å². The summed E-state index contributed by atoms with van der Waals surface area (Å²) in [6.45, 7) is 8.27. The highest BCUT2D eigenvalue weighted by Gasteiger charge is 2.39. The largest absolute Gasteiger partial charge is 0.224 e. The fourth-order valence-electron chi connectivity index (χ4n) is 3.44. The summed E-state index contributed by atoms with van der Waals surface area (Å²) < 4.78 is 26.1. The summed E-state index contributed by atoms with van der Waals surface area (Å²) in [5.74, 6) is 0.557. The average Bonchev–Trinajstić information content (AvgIpc) is 2.77. The Hall–Kier alpha value is -1.13. The molecule has 3 rings (SSSR count). The molecule has 0 spiro atoms. The molecular weight excluding hydrogens is 372 g/mol. The molecule has 1 unspecified atom stereocenters. The van der Waals surface area contributed by atoms with Crippen LogP contribution in [-0.2, 0) is 9.84 Å². The lowest BCUT2D eigenvalue weighted by Gasteiger charge is -2.16. The molecule has 2 aromatic rings. The third-order valence-electron chi connectivity index (χ3n) is 4.70. The molecule has 1 aliphatic heterocycles. The van der Waals surface area contributed by atoms with Gasteiger partial charge >= 0.3 is 0 Å². The van der Waals surface area contributed by atoms with Crippen molar-refractivity contribution in [3.8, 4) is 0 Å². The predicted octanol–water partition coefficient (Wildman–Crippen LogP) is 5.11. The van der Waals surface area contributed by atoms with Gasteiger partial charge in [0.1, 0.15) is 0 Å². The molecule has 0 bridgehead atoms. The van der Waals surface area contributed by atoms with E-state index in [1.807, 2.05) is 13.8 Å². The highest BCUT2D eigenvalue weighted by Crippen LogP contribution is 2.45. The monoisotopic (exact) mass is 392 g/mol. The summed E-state index contributed by atoms with van der Waals surface area (Å²) in [6.07, 6.45) is 0. The molecule has 0 saturated heterocycles. The molecular formula is C19H21BrO2S. The summed E-state index contributed by atoms with van der Waals surface area (Å²) >= 11 is 3.49. The number of hydrogen-bond acceptors (Lipinski definition) is 2. The Kier molecular flexibility index (Phi) is 4.18. The van der Waals surface area contributed by atoms with Crippen LogP contribution in [0.3, 0.4) is 0 Å². The quantitative estimate of drug-likeness (QED) is 0.711. The van der Waals surface area contributed by atoms with Crippen LogP contribution < -0.4 is 0 Å². The number of benzene rings is 2. The van der Waals surface area contributed by atoms with Gasteiger partial charge in [-0.1, -0.05) is 44.2 Å². The molecule has 2 aromatic carbocycles. The second kappa shape index (κ2) is 5.75. The number of halogens is 1. The number of fused-ring (bicyclic) bond motifs is 1. The molecule has 0 saturated carbocycles. The van der Waals surface area contributed by atoms with E-state index in [2.05, 4.69) is 60.1 Å². The van der Waals surface area contributed by atoms with Crippen LogP contribution in [-0.4, -0.2) is 14.2 Å². The van der Waals surface area contributed by atoms with Crippen molar-refractivity contribution in [1.29, 1.82) is 0 Å². The third-order valence-corrected chi connectivity index (χ3v) is 7.80. The first-order chi connectivity index (χ1) is 10.7. The van der Waals surface area contributed by atoms with Crippen molar-refractivity contribution in [2.24, 2.45) is 0 Å². The van der Waals surface area contributed by atoms with Crippen LogP contribution in [0.15, 0.2) is 39.7 Å². The molecule has 0 aliphatic carbocycles. The Morgan fingerprint density at radius 3 is 2.26 bits per heavy atom. The number of sulfone groups is 1. The predicted molar refractivity (Wildman–Crippen MR) is 98.0 cm³/mol. The number of hydrogen-bond donors (Lipinski definition) is 0.